The second kappa shape index (κ2) is 7.47. The van der Waals surface area contributed by atoms with Crippen LogP contribution in [0, 0.1) is 29.1 Å². The molecule has 0 aliphatic carbocycles. The van der Waals surface area contributed by atoms with Gasteiger partial charge in [-0.3, -0.25) is 4.79 Å². The molecule has 0 bridgehead atoms. The summed E-state index contributed by atoms with van der Waals surface area (Å²) in [6.07, 6.45) is 1.58. The lowest BCUT2D eigenvalue weighted by Gasteiger charge is -2.10. The van der Waals surface area contributed by atoms with E-state index < -0.39 is 51.8 Å². The van der Waals surface area contributed by atoms with Crippen molar-refractivity contribution in [2.24, 2.45) is 0 Å². The summed E-state index contributed by atoms with van der Waals surface area (Å²) in [5.74, 6) is -14.0. The van der Waals surface area contributed by atoms with E-state index >= 15 is 0 Å². The lowest BCUT2D eigenvalue weighted by Crippen LogP contribution is -2.08. The Labute approximate surface area is 123 Å². The highest BCUT2D eigenvalue weighted by Gasteiger charge is 2.30. The van der Waals surface area contributed by atoms with Crippen molar-refractivity contribution >= 4 is 11.6 Å². The Morgan fingerprint density at radius 3 is 1.73 bits per heavy atom. The fourth-order valence-electron chi connectivity index (χ4n) is 1.94. The van der Waals surface area contributed by atoms with Gasteiger partial charge in [0.2, 0.25) is 5.82 Å². The van der Waals surface area contributed by atoms with Gasteiger partial charge in [0.25, 0.3) is 0 Å². The van der Waals surface area contributed by atoms with E-state index in [1.807, 2.05) is 6.92 Å². The number of carbonyl (C=O) groups excluding carboxylic acids is 1. The average Bonchev–Trinajstić information content (AvgIpc) is 2.47. The molecule has 0 amide bonds. The molecule has 1 rings (SSSR count). The van der Waals surface area contributed by atoms with E-state index in [4.69, 9.17) is 0 Å². The van der Waals surface area contributed by atoms with Crippen molar-refractivity contribution in [1.82, 2.24) is 0 Å². The van der Waals surface area contributed by atoms with Gasteiger partial charge in [0.1, 0.15) is 5.83 Å². The normalized spacial score (nSPS) is 12.4. The molecule has 1 aromatic rings. The van der Waals surface area contributed by atoms with Crippen LogP contribution in [0.4, 0.5) is 26.3 Å². The second-order valence-corrected chi connectivity index (χ2v) is 4.75. The summed E-state index contributed by atoms with van der Waals surface area (Å²) in [5.41, 5.74) is -2.28. The largest absolute Gasteiger partial charge is 0.295 e. The van der Waals surface area contributed by atoms with Crippen LogP contribution < -0.4 is 0 Å². The Kier molecular flexibility index (Phi) is 6.20. The minimum Gasteiger partial charge on any atom is -0.295 e. The van der Waals surface area contributed by atoms with Crippen LogP contribution in [0.3, 0.4) is 0 Å². The predicted octanol–water partition coefficient (Wildman–Crippen LogP) is 5.23. The molecular weight excluding hydrogens is 310 g/mol. The summed E-state index contributed by atoms with van der Waals surface area (Å²) in [4.78, 5) is 11.4. The molecule has 0 aliphatic rings. The minimum absolute atomic E-state index is 0.144. The van der Waals surface area contributed by atoms with Gasteiger partial charge < -0.3 is 0 Å². The second-order valence-electron chi connectivity index (χ2n) is 4.75. The Balaban J connectivity index is 3.49. The molecule has 0 saturated carbocycles. The number of carbonyl (C=O) groups is 1. The van der Waals surface area contributed by atoms with Crippen molar-refractivity contribution in [2.75, 3.05) is 0 Å². The number of benzene rings is 1. The van der Waals surface area contributed by atoms with Crippen LogP contribution in [0.2, 0.25) is 0 Å². The van der Waals surface area contributed by atoms with Gasteiger partial charge in [-0.1, -0.05) is 19.8 Å². The Hall–Kier alpha value is -1.79. The molecule has 0 saturated heterocycles. The highest BCUT2D eigenvalue weighted by molar-refractivity contribution is 5.99. The maximum absolute atomic E-state index is 14.2. The average molecular weight is 324 g/mol. The number of halogens is 6. The number of hydrogen-bond donors (Lipinski definition) is 0. The van der Waals surface area contributed by atoms with Crippen molar-refractivity contribution in [3.63, 3.8) is 0 Å². The fourth-order valence-corrected chi connectivity index (χ4v) is 1.94. The number of rotatable bonds is 6. The fraction of sp³-hybridized carbons (Fsp3) is 0.400. The molecule has 0 radical (unpaired) electrons. The monoisotopic (exact) mass is 324 g/mol. The first-order chi connectivity index (χ1) is 10.2. The number of unbranched alkanes of at least 4 members (excludes halogenated alkanes) is 2. The molecule has 0 N–H and O–H groups in total. The molecular formula is C15H14F6O. The van der Waals surface area contributed by atoms with Crippen molar-refractivity contribution < 1.29 is 31.1 Å². The van der Waals surface area contributed by atoms with Crippen LogP contribution in [0.15, 0.2) is 5.57 Å². The Morgan fingerprint density at radius 2 is 1.32 bits per heavy atom. The molecule has 1 aromatic carbocycles. The SMILES string of the molecule is CCCCC/C(C(C)=O)=C(\F)c1c(F)c(F)c(F)c(F)c1F. The van der Waals surface area contributed by atoms with E-state index in [9.17, 15) is 31.1 Å². The van der Waals surface area contributed by atoms with Gasteiger partial charge in [-0.25, -0.2) is 26.3 Å². The molecule has 0 unspecified atom stereocenters. The molecule has 0 aliphatic heterocycles. The van der Waals surface area contributed by atoms with Crippen molar-refractivity contribution in [1.29, 1.82) is 0 Å². The third-order valence-corrected chi connectivity index (χ3v) is 3.15. The van der Waals surface area contributed by atoms with Gasteiger partial charge >= 0.3 is 0 Å². The van der Waals surface area contributed by atoms with E-state index in [1.54, 1.807) is 0 Å². The molecule has 22 heavy (non-hydrogen) atoms. The van der Waals surface area contributed by atoms with Crippen LogP contribution in [0.25, 0.3) is 5.83 Å². The molecule has 0 atom stereocenters. The van der Waals surface area contributed by atoms with Gasteiger partial charge in [0.15, 0.2) is 29.1 Å². The summed E-state index contributed by atoms with van der Waals surface area (Å²) in [6, 6.07) is 0. The van der Waals surface area contributed by atoms with Gasteiger partial charge in [0, 0.05) is 5.57 Å². The molecule has 122 valence electrons. The highest BCUT2D eigenvalue weighted by Crippen LogP contribution is 2.32. The summed E-state index contributed by atoms with van der Waals surface area (Å²) in [5, 5.41) is 0. The minimum atomic E-state index is -2.37. The van der Waals surface area contributed by atoms with Gasteiger partial charge in [-0.15, -0.1) is 0 Å². The summed E-state index contributed by atoms with van der Waals surface area (Å²) < 4.78 is 80.5. The van der Waals surface area contributed by atoms with E-state index in [1.165, 1.54) is 0 Å². The quantitative estimate of drug-likeness (QED) is 0.230. The molecule has 0 spiro atoms. The number of allylic oxidation sites excluding steroid dienone is 1. The summed E-state index contributed by atoms with van der Waals surface area (Å²) in [7, 11) is 0. The van der Waals surface area contributed by atoms with Crippen molar-refractivity contribution in [2.45, 2.75) is 39.5 Å². The number of Topliss-reactive ketones (excluding diaryl/α,β-unsaturated/α-hetero) is 1. The molecule has 0 fully saturated rings. The zero-order chi connectivity index (χ0) is 17.0. The smallest absolute Gasteiger partial charge is 0.200 e. The lowest BCUT2D eigenvalue weighted by atomic mass is 9.99. The van der Waals surface area contributed by atoms with Crippen LogP contribution in [0.1, 0.15) is 45.1 Å². The van der Waals surface area contributed by atoms with E-state index in [0.29, 0.717) is 12.8 Å². The first kappa shape index (κ1) is 18.3. The lowest BCUT2D eigenvalue weighted by molar-refractivity contribution is -0.113. The first-order valence-corrected chi connectivity index (χ1v) is 6.65. The summed E-state index contributed by atoms with van der Waals surface area (Å²) >= 11 is 0. The zero-order valence-corrected chi connectivity index (χ0v) is 12.0. The van der Waals surface area contributed by atoms with Crippen LogP contribution in [-0.2, 0) is 4.79 Å². The highest BCUT2D eigenvalue weighted by atomic mass is 19.2. The molecule has 0 aromatic heterocycles. The van der Waals surface area contributed by atoms with E-state index in [-0.39, 0.29) is 6.42 Å². The van der Waals surface area contributed by atoms with Gasteiger partial charge in [0.05, 0.1) is 5.56 Å². The van der Waals surface area contributed by atoms with Crippen molar-refractivity contribution in [3.8, 4) is 0 Å². The predicted molar refractivity (Wildman–Crippen MR) is 69.1 cm³/mol. The van der Waals surface area contributed by atoms with Crippen LogP contribution in [0.5, 0.6) is 0 Å². The number of ketones is 1. The maximum Gasteiger partial charge on any atom is 0.200 e. The molecule has 7 heteroatoms. The van der Waals surface area contributed by atoms with E-state index in [0.717, 1.165) is 13.3 Å². The summed E-state index contributed by atoms with van der Waals surface area (Å²) in [6.45, 7) is 2.81. The molecule has 0 heterocycles. The topological polar surface area (TPSA) is 17.1 Å². The number of hydrogen-bond acceptors (Lipinski definition) is 1. The first-order valence-electron chi connectivity index (χ1n) is 6.65. The maximum atomic E-state index is 14.2. The third-order valence-electron chi connectivity index (χ3n) is 3.15. The van der Waals surface area contributed by atoms with Crippen molar-refractivity contribution in [3.05, 3.63) is 40.2 Å². The third kappa shape index (κ3) is 3.51. The zero-order valence-electron chi connectivity index (χ0n) is 12.0. The van der Waals surface area contributed by atoms with E-state index in [2.05, 4.69) is 0 Å². The van der Waals surface area contributed by atoms with Crippen LogP contribution >= 0.6 is 0 Å². The van der Waals surface area contributed by atoms with Gasteiger partial charge in [-0.2, -0.15) is 0 Å². The molecule has 1 nitrogen and oxygen atoms in total. The van der Waals surface area contributed by atoms with Crippen LogP contribution in [-0.4, -0.2) is 5.78 Å². The Bertz CT molecular complexity index is 592. The standard InChI is InChI=1S/C15H14F6O/c1-3-4-5-6-8(7(2)22)10(16)9-11(17)13(19)15(21)14(20)12(9)18/h3-6H2,1-2H3/b10-8+. The Morgan fingerprint density at radius 1 is 0.864 bits per heavy atom. The van der Waals surface area contributed by atoms with Gasteiger partial charge in [-0.05, 0) is 19.8 Å².